The van der Waals surface area contributed by atoms with Crippen molar-refractivity contribution in [1.82, 2.24) is 20.1 Å². The Morgan fingerprint density at radius 1 is 1.13 bits per heavy atom. The predicted octanol–water partition coefficient (Wildman–Crippen LogP) is 3.49. The zero-order chi connectivity index (χ0) is 21.7. The van der Waals surface area contributed by atoms with E-state index in [9.17, 15) is 22.8 Å². The van der Waals surface area contributed by atoms with E-state index in [-0.39, 0.29) is 23.7 Å². The molecule has 30 heavy (non-hydrogen) atoms. The number of hydrogen-bond acceptors (Lipinski definition) is 4. The predicted molar refractivity (Wildman–Crippen MR) is 103 cm³/mol. The number of carbonyl (C=O) groups excluding carboxylic acids is 2. The van der Waals surface area contributed by atoms with Crippen LogP contribution in [0.3, 0.4) is 0 Å². The molecule has 0 spiro atoms. The number of hydrogen-bond donors (Lipinski definition) is 2. The second-order valence-electron chi connectivity index (χ2n) is 6.49. The van der Waals surface area contributed by atoms with Crippen molar-refractivity contribution in [3.63, 3.8) is 0 Å². The molecule has 0 fully saturated rings. The van der Waals surface area contributed by atoms with Gasteiger partial charge in [-0.2, -0.15) is 18.3 Å². The summed E-state index contributed by atoms with van der Waals surface area (Å²) in [5, 5.41) is 9.10. The van der Waals surface area contributed by atoms with E-state index in [1.165, 1.54) is 30.3 Å². The Hall–Kier alpha value is -3.69. The van der Waals surface area contributed by atoms with Crippen molar-refractivity contribution < 1.29 is 22.8 Å². The fourth-order valence-electron chi connectivity index (χ4n) is 2.91. The topological polar surface area (TPSA) is 88.9 Å². The molecular formula is C20H18F3N5O2. The third-order valence-corrected chi connectivity index (χ3v) is 4.23. The van der Waals surface area contributed by atoms with Gasteiger partial charge in [-0.1, -0.05) is 30.3 Å². The number of halogens is 3. The summed E-state index contributed by atoms with van der Waals surface area (Å²) in [5.41, 5.74) is -0.0638. The van der Waals surface area contributed by atoms with Gasteiger partial charge >= 0.3 is 6.18 Å². The molecule has 2 aromatic carbocycles. The van der Waals surface area contributed by atoms with Gasteiger partial charge in [0.2, 0.25) is 11.8 Å². The number of benzene rings is 2. The molecule has 156 valence electrons. The maximum absolute atomic E-state index is 13.2. The molecule has 7 nitrogen and oxygen atoms in total. The highest BCUT2D eigenvalue weighted by atomic mass is 19.4. The van der Waals surface area contributed by atoms with Crippen LogP contribution >= 0.6 is 0 Å². The number of amides is 2. The monoisotopic (exact) mass is 417 g/mol. The minimum atomic E-state index is -4.58. The van der Waals surface area contributed by atoms with E-state index in [2.05, 4.69) is 20.7 Å². The van der Waals surface area contributed by atoms with E-state index in [0.29, 0.717) is 5.56 Å². The number of carbonyl (C=O) groups is 2. The summed E-state index contributed by atoms with van der Waals surface area (Å²) in [6.45, 7) is 1.32. The Balaban J connectivity index is 1.88. The zero-order valence-electron chi connectivity index (χ0n) is 15.8. The van der Waals surface area contributed by atoms with Gasteiger partial charge in [0.05, 0.1) is 29.4 Å². The summed E-state index contributed by atoms with van der Waals surface area (Å²) in [6, 6.07) is 11.1. The van der Waals surface area contributed by atoms with Crippen LogP contribution in [0.1, 0.15) is 30.5 Å². The van der Waals surface area contributed by atoms with E-state index in [1.807, 2.05) is 0 Å². The first-order chi connectivity index (χ1) is 14.2. The lowest BCUT2D eigenvalue weighted by Crippen LogP contribution is -2.30. The summed E-state index contributed by atoms with van der Waals surface area (Å²) in [5.74, 6) is -0.905. The van der Waals surface area contributed by atoms with Gasteiger partial charge in [-0.15, -0.1) is 0 Å². The maximum atomic E-state index is 13.2. The van der Waals surface area contributed by atoms with Crippen LogP contribution in [0.4, 0.5) is 18.9 Å². The van der Waals surface area contributed by atoms with Gasteiger partial charge in [-0.3, -0.25) is 9.59 Å². The lowest BCUT2D eigenvalue weighted by atomic mass is 10.0. The molecule has 10 heteroatoms. The maximum Gasteiger partial charge on any atom is 0.416 e. The minimum absolute atomic E-state index is 0.0741. The Kier molecular flexibility index (Phi) is 6.14. The first kappa shape index (κ1) is 21.0. The molecule has 0 aliphatic carbocycles. The van der Waals surface area contributed by atoms with Crippen LogP contribution in [0, 0.1) is 0 Å². The summed E-state index contributed by atoms with van der Waals surface area (Å²) in [6.07, 6.45) is -2.21. The van der Waals surface area contributed by atoms with E-state index in [4.69, 9.17) is 0 Å². The van der Waals surface area contributed by atoms with E-state index in [1.54, 1.807) is 30.3 Å². The number of anilines is 1. The average Bonchev–Trinajstić information content (AvgIpc) is 3.21. The van der Waals surface area contributed by atoms with Gasteiger partial charge in [0.1, 0.15) is 12.7 Å². The zero-order valence-corrected chi connectivity index (χ0v) is 15.8. The Labute approximate surface area is 169 Å². The number of alkyl halides is 3. The first-order valence-corrected chi connectivity index (χ1v) is 8.92. The lowest BCUT2D eigenvalue weighted by Gasteiger charge is -2.19. The summed E-state index contributed by atoms with van der Waals surface area (Å²) >= 11 is 0. The summed E-state index contributed by atoms with van der Waals surface area (Å²) in [4.78, 5) is 28.0. The molecule has 2 N–H and O–H groups in total. The third kappa shape index (κ3) is 5.22. The van der Waals surface area contributed by atoms with Crippen molar-refractivity contribution >= 4 is 17.5 Å². The van der Waals surface area contributed by atoms with Crippen LogP contribution in [0.15, 0.2) is 61.2 Å². The molecule has 2 amide bonds. The summed E-state index contributed by atoms with van der Waals surface area (Å²) in [7, 11) is 0. The molecule has 1 atom stereocenters. The average molecular weight is 417 g/mol. The quantitative estimate of drug-likeness (QED) is 0.643. The van der Waals surface area contributed by atoms with Crippen molar-refractivity contribution in [2.45, 2.75) is 25.6 Å². The van der Waals surface area contributed by atoms with Crippen LogP contribution in [0.2, 0.25) is 0 Å². The normalized spacial score (nSPS) is 12.3. The number of nitrogens with zero attached hydrogens (tertiary/aromatic N) is 3. The number of rotatable bonds is 6. The molecule has 0 bridgehead atoms. The summed E-state index contributed by atoms with van der Waals surface area (Å²) < 4.78 is 40.7. The van der Waals surface area contributed by atoms with Gasteiger partial charge in [0, 0.05) is 6.92 Å². The molecule has 0 aliphatic heterocycles. The minimum Gasteiger partial charge on any atom is -0.349 e. The van der Waals surface area contributed by atoms with E-state index in [0.717, 1.165) is 12.1 Å². The molecule has 1 heterocycles. The molecule has 0 saturated carbocycles. The SMILES string of the molecule is CC(=O)N[C@@H](CC(=O)Nc1cc(C(F)(F)F)ccc1-n1cncn1)c1ccccc1. The molecular weight excluding hydrogens is 399 g/mol. The van der Waals surface area contributed by atoms with Crippen LogP contribution in [0.25, 0.3) is 5.69 Å². The second-order valence-corrected chi connectivity index (χ2v) is 6.49. The van der Waals surface area contributed by atoms with Crippen LogP contribution in [0.5, 0.6) is 0 Å². The smallest absolute Gasteiger partial charge is 0.349 e. The number of nitrogens with one attached hydrogen (secondary N) is 2. The first-order valence-electron chi connectivity index (χ1n) is 8.92. The number of aromatic nitrogens is 3. The molecule has 0 radical (unpaired) electrons. The van der Waals surface area contributed by atoms with E-state index >= 15 is 0 Å². The highest BCUT2D eigenvalue weighted by Gasteiger charge is 2.31. The molecule has 3 aromatic rings. The molecule has 0 unspecified atom stereocenters. The van der Waals surface area contributed by atoms with Crippen molar-refractivity contribution in [2.75, 3.05) is 5.32 Å². The van der Waals surface area contributed by atoms with Gasteiger partial charge in [-0.25, -0.2) is 9.67 Å². The van der Waals surface area contributed by atoms with Gasteiger partial charge in [0.25, 0.3) is 0 Å². The van der Waals surface area contributed by atoms with Crippen molar-refractivity contribution in [3.8, 4) is 5.69 Å². The Bertz CT molecular complexity index is 1020. The molecule has 0 saturated heterocycles. The molecule has 1 aromatic heterocycles. The fourth-order valence-corrected chi connectivity index (χ4v) is 2.91. The highest BCUT2D eigenvalue weighted by molar-refractivity contribution is 5.93. The highest BCUT2D eigenvalue weighted by Crippen LogP contribution is 2.33. The van der Waals surface area contributed by atoms with Gasteiger partial charge in [-0.05, 0) is 23.8 Å². The molecule has 0 aliphatic rings. The standard InChI is InChI=1S/C20H18F3N5O2/c1-13(29)26-16(14-5-3-2-4-6-14)10-19(30)27-17-9-15(20(21,22)23)7-8-18(17)28-12-24-11-25-28/h2-9,11-12,16H,10H2,1H3,(H,26,29)(H,27,30)/t16-/m0/s1. The van der Waals surface area contributed by atoms with Gasteiger partial charge < -0.3 is 10.6 Å². The van der Waals surface area contributed by atoms with Crippen LogP contribution < -0.4 is 10.6 Å². The van der Waals surface area contributed by atoms with E-state index < -0.39 is 23.7 Å². The van der Waals surface area contributed by atoms with Crippen molar-refractivity contribution in [2.24, 2.45) is 0 Å². The fraction of sp³-hybridized carbons (Fsp3) is 0.200. The third-order valence-electron chi connectivity index (χ3n) is 4.23. The van der Waals surface area contributed by atoms with Gasteiger partial charge in [0.15, 0.2) is 0 Å². The Morgan fingerprint density at radius 2 is 1.87 bits per heavy atom. The Morgan fingerprint density at radius 3 is 2.47 bits per heavy atom. The lowest BCUT2D eigenvalue weighted by molar-refractivity contribution is -0.137. The second kappa shape index (κ2) is 8.76. The van der Waals surface area contributed by atoms with Crippen molar-refractivity contribution in [3.05, 3.63) is 72.3 Å². The van der Waals surface area contributed by atoms with Crippen LogP contribution in [-0.4, -0.2) is 26.6 Å². The van der Waals surface area contributed by atoms with Crippen molar-refractivity contribution in [1.29, 1.82) is 0 Å². The largest absolute Gasteiger partial charge is 0.416 e. The molecule has 3 rings (SSSR count). The van der Waals surface area contributed by atoms with Crippen LogP contribution in [-0.2, 0) is 15.8 Å².